The summed E-state index contributed by atoms with van der Waals surface area (Å²) in [6.45, 7) is 6.67. The highest BCUT2D eigenvalue weighted by molar-refractivity contribution is 7.80. The van der Waals surface area contributed by atoms with Crippen molar-refractivity contribution in [1.29, 1.82) is 0 Å². The molecule has 5 heteroatoms. The molecule has 4 nitrogen and oxygen atoms in total. The van der Waals surface area contributed by atoms with Gasteiger partial charge in [0.05, 0.1) is 17.8 Å². The molecule has 1 saturated carbocycles. The first kappa shape index (κ1) is 20.3. The summed E-state index contributed by atoms with van der Waals surface area (Å²) in [6, 6.07) is 17.8. The van der Waals surface area contributed by atoms with Gasteiger partial charge in [-0.2, -0.15) is 0 Å². The summed E-state index contributed by atoms with van der Waals surface area (Å²) in [5.41, 5.74) is 7.44. The van der Waals surface area contributed by atoms with Crippen molar-refractivity contribution in [2.24, 2.45) is 0 Å². The molecule has 2 fully saturated rings. The number of nitrogens with zero attached hydrogens (tertiary/aromatic N) is 3. The quantitative estimate of drug-likeness (QED) is 0.507. The Morgan fingerprint density at radius 1 is 1.00 bits per heavy atom. The molecule has 3 heterocycles. The van der Waals surface area contributed by atoms with E-state index in [0.717, 1.165) is 16.5 Å². The summed E-state index contributed by atoms with van der Waals surface area (Å²) in [7, 11) is 0. The normalized spacial score (nSPS) is 21.6. The highest BCUT2D eigenvalue weighted by atomic mass is 32.1. The van der Waals surface area contributed by atoms with Crippen LogP contribution in [0.1, 0.15) is 72.0 Å². The van der Waals surface area contributed by atoms with Crippen LogP contribution in [0.15, 0.2) is 54.7 Å². The summed E-state index contributed by atoms with van der Waals surface area (Å²) in [5, 5.41) is 4.36. The SMILES string of the molecule is Cc1cccc(N2C(=S)N[C@@H](c3ccccn3)[C@@H]2c2cc(C)n(C3CCCC3)c2C)c1. The second kappa shape index (κ2) is 8.12. The van der Waals surface area contributed by atoms with E-state index in [9.17, 15) is 0 Å². The van der Waals surface area contributed by atoms with Gasteiger partial charge in [-0.1, -0.05) is 31.0 Å². The van der Waals surface area contributed by atoms with Gasteiger partial charge < -0.3 is 14.8 Å². The molecular formula is C26H30N4S. The minimum Gasteiger partial charge on any atom is -0.351 e. The molecule has 0 amide bonds. The third kappa shape index (κ3) is 3.55. The lowest BCUT2D eigenvalue weighted by molar-refractivity contribution is 0.494. The minimum atomic E-state index is 0.00624. The van der Waals surface area contributed by atoms with Crippen LogP contribution in [0.25, 0.3) is 0 Å². The molecule has 2 aromatic heterocycles. The molecule has 0 radical (unpaired) electrons. The average Bonchev–Trinajstić information content (AvgIpc) is 3.46. The van der Waals surface area contributed by atoms with E-state index in [2.05, 4.69) is 78.0 Å². The number of pyridine rings is 1. The number of rotatable bonds is 4. The van der Waals surface area contributed by atoms with Crippen molar-refractivity contribution < 1.29 is 0 Å². The Kier molecular flexibility index (Phi) is 5.30. The monoisotopic (exact) mass is 430 g/mol. The fourth-order valence-electron chi connectivity index (χ4n) is 5.55. The van der Waals surface area contributed by atoms with Crippen LogP contribution in [-0.4, -0.2) is 14.7 Å². The molecule has 5 rings (SSSR count). The Hall–Kier alpha value is -2.66. The van der Waals surface area contributed by atoms with E-state index in [4.69, 9.17) is 17.2 Å². The molecule has 2 aliphatic rings. The van der Waals surface area contributed by atoms with E-state index in [0.29, 0.717) is 6.04 Å². The number of hydrogen-bond donors (Lipinski definition) is 1. The van der Waals surface area contributed by atoms with Crippen LogP contribution in [0.2, 0.25) is 0 Å². The summed E-state index contributed by atoms with van der Waals surface area (Å²) >= 11 is 5.89. The lowest BCUT2D eigenvalue weighted by Gasteiger charge is -2.29. The maximum atomic E-state index is 5.89. The largest absolute Gasteiger partial charge is 0.351 e. The van der Waals surface area contributed by atoms with Gasteiger partial charge in [0.15, 0.2) is 5.11 Å². The maximum absolute atomic E-state index is 5.89. The number of anilines is 1. The molecule has 3 aromatic rings. The number of benzene rings is 1. The van der Waals surface area contributed by atoms with E-state index in [-0.39, 0.29) is 12.1 Å². The fraction of sp³-hybridized carbons (Fsp3) is 0.385. The van der Waals surface area contributed by atoms with Crippen LogP contribution < -0.4 is 10.2 Å². The van der Waals surface area contributed by atoms with E-state index < -0.39 is 0 Å². The average molecular weight is 431 g/mol. The third-order valence-corrected chi connectivity index (χ3v) is 7.22. The fourth-order valence-corrected chi connectivity index (χ4v) is 5.90. The smallest absolute Gasteiger partial charge is 0.174 e. The lowest BCUT2D eigenvalue weighted by Crippen LogP contribution is -2.29. The maximum Gasteiger partial charge on any atom is 0.174 e. The van der Waals surface area contributed by atoms with E-state index in [1.807, 2.05) is 12.3 Å². The molecule has 1 aliphatic heterocycles. The van der Waals surface area contributed by atoms with Crippen LogP contribution in [0.3, 0.4) is 0 Å². The van der Waals surface area contributed by atoms with E-state index >= 15 is 0 Å². The van der Waals surface area contributed by atoms with Crippen molar-refractivity contribution >= 4 is 23.0 Å². The van der Waals surface area contributed by atoms with Gasteiger partial charge in [-0.05, 0) is 87.3 Å². The number of thiocarbonyl (C=S) groups is 1. The first-order chi connectivity index (χ1) is 15.0. The lowest BCUT2D eigenvalue weighted by atomic mass is 9.96. The number of nitrogens with one attached hydrogen (secondary N) is 1. The number of hydrogen-bond acceptors (Lipinski definition) is 2. The highest BCUT2D eigenvalue weighted by Gasteiger charge is 2.42. The van der Waals surface area contributed by atoms with Crippen LogP contribution in [-0.2, 0) is 0 Å². The van der Waals surface area contributed by atoms with Gasteiger partial charge in [0.25, 0.3) is 0 Å². The minimum absolute atomic E-state index is 0.00624. The second-order valence-corrected chi connectivity index (χ2v) is 9.36. The van der Waals surface area contributed by atoms with Crippen molar-refractivity contribution in [3.05, 3.63) is 82.9 Å². The zero-order chi connectivity index (χ0) is 21.5. The topological polar surface area (TPSA) is 33.1 Å². The first-order valence-corrected chi connectivity index (χ1v) is 11.7. The Balaban J connectivity index is 1.65. The van der Waals surface area contributed by atoms with Crippen LogP contribution in [0, 0.1) is 20.8 Å². The Labute approximate surface area is 190 Å². The predicted octanol–water partition coefficient (Wildman–Crippen LogP) is 6.10. The summed E-state index contributed by atoms with van der Waals surface area (Å²) in [6.07, 6.45) is 7.09. The molecule has 31 heavy (non-hydrogen) atoms. The summed E-state index contributed by atoms with van der Waals surface area (Å²) in [5.74, 6) is 0. The van der Waals surface area contributed by atoms with Gasteiger partial charge in [0.2, 0.25) is 0 Å². The van der Waals surface area contributed by atoms with Gasteiger partial charge in [-0.3, -0.25) is 4.98 Å². The number of aromatic nitrogens is 2. The van der Waals surface area contributed by atoms with E-state index in [1.54, 1.807) is 0 Å². The molecule has 0 unspecified atom stereocenters. The van der Waals surface area contributed by atoms with Crippen molar-refractivity contribution in [2.75, 3.05) is 4.90 Å². The second-order valence-electron chi connectivity index (χ2n) is 8.97. The molecule has 1 aliphatic carbocycles. The van der Waals surface area contributed by atoms with Gasteiger partial charge >= 0.3 is 0 Å². The Morgan fingerprint density at radius 2 is 1.81 bits per heavy atom. The zero-order valence-corrected chi connectivity index (χ0v) is 19.3. The molecule has 0 spiro atoms. The van der Waals surface area contributed by atoms with Crippen molar-refractivity contribution in [3.63, 3.8) is 0 Å². The Bertz CT molecular complexity index is 1100. The molecule has 1 saturated heterocycles. The first-order valence-electron chi connectivity index (χ1n) is 11.3. The number of aryl methyl sites for hydroxylation is 2. The standard InChI is InChI=1S/C26H30N4S/c1-17-9-8-12-21(15-17)30-25(24(28-26(30)31)23-13-6-7-14-27-23)22-16-18(2)29(19(22)3)20-10-4-5-11-20/h6-9,12-16,20,24-25H,4-5,10-11H2,1-3H3,(H,28,31)/t24-,25-/m0/s1. The molecular weight excluding hydrogens is 400 g/mol. The molecule has 2 atom stereocenters. The molecule has 0 bridgehead atoms. The van der Waals surface area contributed by atoms with Gasteiger partial charge in [-0.15, -0.1) is 0 Å². The van der Waals surface area contributed by atoms with Crippen molar-refractivity contribution in [1.82, 2.24) is 14.9 Å². The van der Waals surface area contributed by atoms with Crippen molar-refractivity contribution in [2.45, 2.75) is 64.6 Å². The molecule has 1 aromatic carbocycles. The van der Waals surface area contributed by atoms with Crippen LogP contribution in [0.5, 0.6) is 0 Å². The highest BCUT2D eigenvalue weighted by Crippen LogP contribution is 2.44. The third-order valence-electron chi connectivity index (χ3n) is 6.91. The predicted molar refractivity (Wildman–Crippen MR) is 131 cm³/mol. The summed E-state index contributed by atoms with van der Waals surface area (Å²) in [4.78, 5) is 6.99. The van der Waals surface area contributed by atoms with Gasteiger partial charge in [0, 0.05) is 29.3 Å². The van der Waals surface area contributed by atoms with Crippen molar-refractivity contribution in [3.8, 4) is 0 Å². The summed E-state index contributed by atoms with van der Waals surface area (Å²) < 4.78 is 2.58. The van der Waals surface area contributed by atoms with E-state index in [1.165, 1.54) is 48.2 Å². The molecule has 160 valence electrons. The van der Waals surface area contributed by atoms with Gasteiger partial charge in [-0.25, -0.2) is 0 Å². The van der Waals surface area contributed by atoms with Crippen LogP contribution in [0.4, 0.5) is 5.69 Å². The molecule has 1 N–H and O–H groups in total. The van der Waals surface area contributed by atoms with Crippen LogP contribution >= 0.6 is 12.2 Å². The Morgan fingerprint density at radius 3 is 2.52 bits per heavy atom. The zero-order valence-electron chi connectivity index (χ0n) is 18.5. The van der Waals surface area contributed by atoms with Gasteiger partial charge in [0.1, 0.15) is 0 Å².